The van der Waals surface area contributed by atoms with Gasteiger partial charge in [0.15, 0.2) is 11.6 Å². The Labute approximate surface area is 212 Å². The predicted molar refractivity (Wildman–Crippen MR) is 128 cm³/mol. The molecule has 0 heterocycles. The Hall–Kier alpha value is -3.05. The van der Waals surface area contributed by atoms with Crippen LogP contribution in [-0.4, -0.2) is 26.6 Å². The molecule has 3 aromatic rings. The van der Waals surface area contributed by atoms with Crippen LogP contribution in [0.2, 0.25) is 0 Å². The molecule has 0 spiro atoms. The number of nitrogens with two attached hydrogens (primary N) is 1. The van der Waals surface area contributed by atoms with E-state index in [9.17, 15) is 35.7 Å². The summed E-state index contributed by atoms with van der Waals surface area (Å²) in [5, 5.41) is 15.9. The van der Waals surface area contributed by atoms with Crippen molar-refractivity contribution < 1.29 is 40.4 Å². The van der Waals surface area contributed by atoms with E-state index in [1.165, 1.54) is 6.07 Å². The lowest BCUT2D eigenvalue weighted by atomic mass is 9.66. The molecule has 37 heavy (non-hydrogen) atoms. The topological polar surface area (TPSA) is 72.6 Å². The quantitative estimate of drug-likeness (QED) is 0.297. The van der Waals surface area contributed by atoms with Crippen LogP contribution in [0.15, 0.2) is 66.7 Å². The first-order chi connectivity index (χ1) is 17.2. The first-order valence-corrected chi connectivity index (χ1v) is 12.2. The Morgan fingerprint density at radius 2 is 1.62 bits per heavy atom. The molecule has 1 unspecified atom stereocenters. The maximum atomic E-state index is 14.8. The molecule has 0 saturated heterocycles. The molecule has 0 aromatic heterocycles. The Morgan fingerprint density at radius 1 is 0.973 bits per heavy atom. The van der Waals surface area contributed by atoms with Crippen molar-refractivity contribution in [3.8, 4) is 11.5 Å². The number of ether oxygens (including phenoxy) is 1. The van der Waals surface area contributed by atoms with E-state index in [0.717, 1.165) is 24.3 Å². The molecule has 0 aliphatic heterocycles. The molecule has 3 rings (SSSR count). The summed E-state index contributed by atoms with van der Waals surface area (Å²) in [5.41, 5.74) is -0.618. The van der Waals surface area contributed by atoms with Gasteiger partial charge in [-0.15, -0.1) is 0 Å². The monoisotopic (exact) mass is 545 g/mol. The molecule has 4 nitrogen and oxygen atoms in total. The minimum Gasteiger partial charge on any atom is -0.505 e. The van der Waals surface area contributed by atoms with Crippen molar-refractivity contribution in [2.24, 2.45) is 5.14 Å². The predicted octanol–water partition coefficient (Wildman–Crippen LogP) is 6.23. The van der Waals surface area contributed by atoms with Crippen LogP contribution in [-0.2, 0) is 22.8 Å². The molecular formula is C26H25F6NO3S. The van der Waals surface area contributed by atoms with Crippen LogP contribution in [0.5, 0.6) is 11.5 Å². The van der Waals surface area contributed by atoms with Crippen molar-refractivity contribution in [2.45, 2.75) is 49.4 Å². The molecule has 3 aromatic carbocycles. The normalized spacial score (nSPS) is 14.9. The number of aromatic hydroxyl groups is 1. The van der Waals surface area contributed by atoms with E-state index in [1.54, 1.807) is 44.2 Å². The number of phenols is 1. The minimum atomic E-state index is -4.90. The molecule has 0 fully saturated rings. The van der Waals surface area contributed by atoms with Gasteiger partial charge in [0.05, 0.1) is 15.7 Å². The number of alkyl halides is 4. The van der Waals surface area contributed by atoms with Crippen LogP contribution >= 0.6 is 0 Å². The highest BCUT2D eigenvalue weighted by atomic mass is 32.2. The fourth-order valence-electron chi connectivity index (χ4n) is 4.29. The third-order valence-electron chi connectivity index (χ3n) is 6.05. The van der Waals surface area contributed by atoms with Gasteiger partial charge < -0.3 is 9.84 Å². The summed E-state index contributed by atoms with van der Waals surface area (Å²) in [5.74, 6) is -3.64. The Kier molecular flexibility index (Phi) is 8.28. The van der Waals surface area contributed by atoms with Gasteiger partial charge in [-0.3, -0.25) is 5.14 Å². The van der Waals surface area contributed by atoms with Gasteiger partial charge in [-0.05, 0) is 67.6 Å². The first-order valence-electron chi connectivity index (χ1n) is 11.0. The second-order valence-electron chi connectivity index (χ2n) is 9.28. The molecule has 0 aliphatic carbocycles. The highest BCUT2D eigenvalue weighted by Gasteiger charge is 2.46. The van der Waals surface area contributed by atoms with E-state index in [4.69, 9.17) is 5.14 Å². The number of hydrogen-bond acceptors (Lipinski definition) is 3. The van der Waals surface area contributed by atoms with Crippen molar-refractivity contribution in [2.75, 3.05) is 0 Å². The molecule has 200 valence electrons. The number of phenolic OH excluding ortho intramolecular Hbond substituents is 1. The Morgan fingerprint density at radius 3 is 2.19 bits per heavy atom. The van der Waals surface area contributed by atoms with Crippen LogP contribution in [0.4, 0.5) is 26.3 Å². The third-order valence-corrected chi connectivity index (χ3v) is 7.29. The van der Waals surface area contributed by atoms with Gasteiger partial charge in [-0.1, -0.05) is 36.4 Å². The lowest BCUT2D eigenvalue weighted by molar-refractivity contribution is -0.253. The Balaban J connectivity index is 2.35. The van der Waals surface area contributed by atoms with E-state index >= 15 is 0 Å². The van der Waals surface area contributed by atoms with E-state index in [0.29, 0.717) is 11.6 Å². The van der Waals surface area contributed by atoms with E-state index in [1.807, 2.05) is 0 Å². The maximum absolute atomic E-state index is 14.8. The highest BCUT2D eigenvalue weighted by Crippen LogP contribution is 2.46. The van der Waals surface area contributed by atoms with Gasteiger partial charge in [0.25, 0.3) is 0 Å². The van der Waals surface area contributed by atoms with Gasteiger partial charge in [0, 0.05) is 11.5 Å². The number of hydrogen-bond donors (Lipinski definition) is 2. The van der Waals surface area contributed by atoms with Crippen molar-refractivity contribution in [3.05, 3.63) is 95.1 Å². The molecule has 2 atom stereocenters. The highest BCUT2D eigenvalue weighted by molar-refractivity contribution is 7.84. The van der Waals surface area contributed by atoms with Gasteiger partial charge in [-0.25, -0.2) is 13.0 Å². The van der Waals surface area contributed by atoms with E-state index in [2.05, 4.69) is 4.74 Å². The third kappa shape index (κ3) is 6.45. The van der Waals surface area contributed by atoms with Crippen molar-refractivity contribution in [1.82, 2.24) is 0 Å². The standard InChI is InChI=1S/C26H25F6NO3S/c1-24(2,37(33)35)15-25(14-16-6-4-3-5-7-16,17-8-9-21(28)22(34)12-17)18-10-19(27)13-20(11-18)36-26(31,32)23(29)30/h3-13,23,34H,14-15,33H2,1-2H3/t25-,37?/m1/s1. The Bertz CT molecular complexity index is 1270. The SMILES string of the molecule is CC(C)(C[C@@](Cc1ccccc1)(c1cc(F)cc(OC(F)(F)C(F)F)c1)c1ccc(F)c(O)c1)S(N)=O. The molecule has 0 amide bonds. The molecule has 3 N–H and O–H groups in total. The summed E-state index contributed by atoms with van der Waals surface area (Å²) in [6.07, 6.45) is -9.18. The zero-order chi connectivity index (χ0) is 27.6. The lowest BCUT2D eigenvalue weighted by Crippen LogP contribution is -2.43. The van der Waals surface area contributed by atoms with Gasteiger partial charge >= 0.3 is 12.5 Å². The van der Waals surface area contributed by atoms with Crippen molar-refractivity contribution >= 4 is 11.0 Å². The molecule has 0 bridgehead atoms. The zero-order valence-electron chi connectivity index (χ0n) is 19.9. The number of benzene rings is 3. The van der Waals surface area contributed by atoms with Crippen molar-refractivity contribution in [1.29, 1.82) is 0 Å². The summed E-state index contributed by atoms with van der Waals surface area (Å²) in [7, 11) is -1.95. The number of rotatable bonds is 10. The number of halogens is 6. The van der Waals surface area contributed by atoms with Crippen LogP contribution in [0, 0.1) is 11.6 Å². The second kappa shape index (κ2) is 10.7. The lowest BCUT2D eigenvalue weighted by Gasteiger charge is -2.41. The van der Waals surface area contributed by atoms with Crippen molar-refractivity contribution in [3.63, 3.8) is 0 Å². The van der Waals surface area contributed by atoms with E-state index < -0.39 is 56.8 Å². The zero-order valence-corrected chi connectivity index (χ0v) is 20.7. The fraction of sp³-hybridized carbons (Fsp3) is 0.308. The molecular weight excluding hydrogens is 520 g/mol. The van der Waals surface area contributed by atoms with Gasteiger partial charge in [0.2, 0.25) is 0 Å². The molecule has 0 aliphatic rings. The van der Waals surface area contributed by atoms with Crippen LogP contribution < -0.4 is 9.88 Å². The molecule has 11 heteroatoms. The van der Waals surface area contributed by atoms with Crippen LogP contribution in [0.1, 0.15) is 37.0 Å². The summed E-state index contributed by atoms with van der Waals surface area (Å²) in [6.45, 7) is 3.13. The first kappa shape index (κ1) is 28.5. The second-order valence-corrected chi connectivity index (χ2v) is 11.0. The summed E-state index contributed by atoms with van der Waals surface area (Å²) in [4.78, 5) is 0. The molecule has 0 radical (unpaired) electrons. The average Bonchev–Trinajstić information content (AvgIpc) is 2.80. The van der Waals surface area contributed by atoms with Crippen LogP contribution in [0.3, 0.4) is 0 Å². The summed E-state index contributed by atoms with van der Waals surface area (Å²) < 4.78 is 97.3. The van der Waals surface area contributed by atoms with Gasteiger partial charge in [0.1, 0.15) is 11.6 Å². The fourth-order valence-corrected chi connectivity index (χ4v) is 4.68. The largest absolute Gasteiger partial charge is 0.505 e. The average molecular weight is 546 g/mol. The summed E-state index contributed by atoms with van der Waals surface area (Å²) in [6, 6.07) is 14.5. The molecule has 0 saturated carbocycles. The van der Waals surface area contributed by atoms with E-state index in [-0.39, 0.29) is 24.0 Å². The smallest absolute Gasteiger partial charge is 0.461 e. The maximum Gasteiger partial charge on any atom is 0.461 e. The van der Waals surface area contributed by atoms with Gasteiger partial charge in [-0.2, -0.15) is 17.6 Å². The van der Waals surface area contributed by atoms with Crippen LogP contribution in [0.25, 0.3) is 0 Å². The summed E-state index contributed by atoms with van der Waals surface area (Å²) >= 11 is 0. The minimum absolute atomic E-state index is 0.0215.